The molecule has 1 fully saturated rings. The molecule has 3 rings (SSSR count). The van der Waals surface area contributed by atoms with Gasteiger partial charge in [0.05, 0.1) is 22.8 Å². The fourth-order valence-corrected chi connectivity index (χ4v) is 4.08. The molecule has 2 heterocycles. The smallest absolute Gasteiger partial charge is 0.241 e. The second kappa shape index (κ2) is 7.96. The minimum Gasteiger partial charge on any atom is -0.326 e. The molecule has 7 nitrogen and oxygen atoms in total. The number of carbonyl (C=O) groups excluding carboxylic acids is 2. The Labute approximate surface area is 161 Å². The van der Waals surface area contributed by atoms with Crippen molar-refractivity contribution in [3.05, 3.63) is 36.2 Å². The lowest BCUT2D eigenvalue weighted by molar-refractivity contribution is -0.126. The molecule has 26 heavy (non-hydrogen) atoms. The highest BCUT2D eigenvalue weighted by Crippen LogP contribution is 2.26. The van der Waals surface area contributed by atoms with Gasteiger partial charge in [-0.1, -0.05) is 29.2 Å². The molecular weight excluding hydrogens is 370 g/mol. The lowest BCUT2D eigenvalue weighted by Crippen LogP contribution is -2.32. The van der Waals surface area contributed by atoms with Crippen LogP contribution in [0.2, 0.25) is 0 Å². The second-order valence-corrected chi connectivity index (χ2v) is 7.98. The van der Waals surface area contributed by atoms with E-state index in [-0.39, 0.29) is 17.1 Å². The highest BCUT2D eigenvalue weighted by molar-refractivity contribution is 8.24. The van der Waals surface area contributed by atoms with Crippen molar-refractivity contribution in [2.24, 2.45) is 0 Å². The predicted molar refractivity (Wildman–Crippen MR) is 105 cm³/mol. The molecule has 1 aromatic carbocycles. The van der Waals surface area contributed by atoms with E-state index in [1.807, 2.05) is 38.1 Å². The Morgan fingerprint density at radius 3 is 2.65 bits per heavy atom. The van der Waals surface area contributed by atoms with Crippen LogP contribution in [0.15, 0.2) is 30.5 Å². The molecule has 0 bridgehead atoms. The van der Waals surface area contributed by atoms with E-state index in [2.05, 4.69) is 15.6 Å². The predicted octanol–water partition coefficient (Wildman–Crippen LogP) is 2.54. The van der Waals surface area contributed by atoms with Gasteiger partial charge in [-0.3, -0.25) is 14.5 Å². The van der Waals surface area contributed by atoms with E-state index in [1.54, 1.807) is 15.8 Å². The number of nitrogens with zero attached hydrogens (tertiary/aromatic N) is 4. The average molecular weight is 390 g/mol. The Bertz CT molecular complexity index is 834. The summed E-state index contributed by atoms with van der Waals surface area (Å²) in [6, 6.07) is 7.39. The Morgan fingerprint density at radius 2 is 2.08 bits per heavy atom. The van der Waals surface area contributed by atoms with E-state index in [9.17, 15) is 9.59 Å². The molecule has 0 spiro atoms. The monoisotopic (exact) mass is 389 g/mol. The Morgan fingerprint density at radius 1 is 1.35 bits per heavy atom. The molecule has 9 heteroatoms. The van der Waals surface area contributed by atoms with Crippen LogP contribution < -0.4 is 5.32 Å². The molecule has 0 saturated carbocycles. The third-order valence-corrected chi connectivity index (χ3v) is 5.50. The number of aromatic nitrogens is 3. The lowest BCUT2D eigenvalue weighted by atomic mass is 10.2. The van der Waals surface area contributed by atoms with Crippen LogP contribution >= 0.6 is 24.0 Å². The summed E-state index contributed by atoms with van der Waals surface area (Å²) in [6.45, 7) is 4.25. The first-order valence-corrected chi connectivity index (χ1v) is 9.54. The van der Waals surface area contributed by atoms with Gasteiger partial charge in [-0.2, -0.15) is 0 Å². The zero-order valence-electron chi connectivity index (χ0n) is 14.5. The molecule has 1 atom stereocenters. The first-order chi connectivity index (χ1) is 12.5. The van der Waals surface area contributed by atoms with Crippen molar-refractivity contribution in [1.29, 1.82) is 0 Å². The fraction of sp³-hybridized carbons (Fsp3) is 0.353. The normalized spacial score (nSPS) is 17.0. The summed E-state index contributed by atoms with van der Waals surface area (Å²) in [5.74, 6) is -0.0626. The van der Waals surface area contributed by atoms with E-state index < -0.39 is 0 Å². The number of carbonyl (C=O) groups is 2. The first kappa shape index (κ1) is 18.5. The van der Waals surface area contributed by atoms with Crippen LogP contribution in [0.4, 0.5) is 5.69 Å². The summed E-state index contributed by atoms with van der Waals surface area (Å²) >= 11 is 6.58. The van der Waals surface area contributed by atoms with E-state index in [0.717, 1.165) is 11.4 Å². The zero-order valence-corrected chi connectivity index (χ0v) is 16.1. The molecule has 0 aliphatic carbocycles. The number of aryl methyl sites for hydroxylation is 1. The van der Waals surface area contributed by atoms with Gasteiger partial charge in [-0.05, 0) is 44.5 Å². The van der Waals surface area contributed by atoms with Crippen molar-refractivity contribution in [3.63, 3.8) is 0 Å². The molecule has 1 aliphatic rings. The van der Waals surface area contributed by atoms with Crippen molar-refractivity contribution in [2.75, 3.05) is 11.9 Å². The topological polar surface area (TPSA) is 80.1 Å². The maximum atomic E-state index is 12.1. The number of anilines is 1. The van der Waals surface area contributed by atoms with Gasteiger partial charge in [0.2, 0.25) is 11.8 Å². The molecular formula is C17H19N5O2S2. The second-order valence-electron chi connectivity index (χ2n) is 6.00. The fourth-order valence-electron chi connectivity index (χ4n) is 2.62. The first-order valence-electron chi connectivity index (χ1n) is 8.25. The maximum Gasteiger partial charge on any atom is 0.241 e. The summed E-state index contributed by atoms with van der Waals surface area (Å²) in [6.07, 6.45) is 2.59. The lowest BCUT2D eigenvalue weighted by Gasteiger charge is -2.14. The average Bonchev–Trinajstić information content (AvgIpc) is 3.13. The number of nitrogens with one attached hydrogen (secondary N) is 1. The molecule has 1 N–H and O–H groups in total. The number of hydrogen-bond acceptors (Lipinski definition) is 6. The Hall–Kier alpha value is -2.26. The van der Waals surface area contributed by atoms with Crippen molar-refractivity contribution in [1.82, 2.24) is 19.9 Å². The number of amides is 2. The number of rotatable bonds is 6. The van der Waals surface area contributed by atoms with Crippen molar-refractivity contribution in [2.45, 2.75) is 31.9 Å². The molecule has 136 valence electrons. The maximum absolute atomic E-state index is 12.1. The van der Waals surface area contributed by atoms with Crippen LogP contribution in [-0.2, 0) is 9.59 Å². The van der Waals surface area contributed by atoms with Crippen LogP contribution in [0.3, 0.4) is 0 Å². The van der Waals surface area contributed by atoms with Gasteiger partial charge >= 0.3 is 0 Å². The van der Waals surface area contributed by atoms with Crippen LogP contribution in [0, 0.1) is 6.92 Å². The van der Waals surface area contributed by atoms with Gasteiger partial charge in [-0.25, -0.2) is 4.68 Å². The molecule has 1 aromatic heterocycles. The number of benzene rings is 1. The SMILES string of the molecule is Cc1cnnn1-c1ccc(NC(=O)CCCN2C(=O)C(C)SC2=S)cc1. The van der Waals surface area contributed by atoms with Crippen LogP contribution in [0.5, 0.6) is 0 Å². The van der Waals surface area contributed by atoms with Gasteiger partial charge in [0.15, 0.2) is 0 Å². The standard InChI is InChI=1S/C17H19N5O2S2/c1-11-10-18-20-22(11)14-7-5-13(6-8-14)19-15(23)4-3-9-21-16(24)12(2)26-17(21)25/h5-8,10,12H,3-4,9H2,1-2H3,(H,19,23). The van der Waals surface area contributed by atoms with Gasteiger partial charge < -0.3 is 5.32 Å². The quantitative estimate of drug-likeness (QED) is 0.765. The summed E-state index contributed by atoms with van der Waals surface area (Å²) in [5, 5.41) is 10.6. The molecule has 1 saturated heterocycles. The number of thioether (sulfide) groups is 1. The minimum atomic E-state index is -0.122. The summed E-state index contributed by atoms with van der Waals surface area (Å²) in [4.78, 5) is 25.6. The zero-order chi connectivity index (χ0) is 18.7. The highest BCUT2D eigenvalue weighted by atomic mass is 32.2. The molecule has 1 aliphatic heterocycles. The van der Waals surface area contributed by atoms with Gasteiger partial charge in [0.1, 0.15) is 4.32 Å². The van der Waals surface area contributed by atoms with Crippen LogP contribution in [-0.4, -0.2) is 47.8 Å². The van der Waals surface area contributed by atoms with Crippen LogP contribution in [0.25, 0.3) is 5.69 Å². The van der Waals surface area contributed by atoms with Crippen molar-refractivity contribution >= 4 is 45.8 Å². The Balaban J connectivity index is 1.48. The number of hydrogen-bond donors (Lipinski definition) is 1. The summed E-state index contributed by atoms with van der Waals surface area (Å²) < 4.78 is 2.32. The van der Waals surface area contributed by atoms with Gasteiger partial charge in [0.25, 0.3) is 0 Å². The minimum absolute atomic E-state index is 0.0272. The van der Waals surface area contributed by atoms with E-state index in [1.165, 1.54) is 11.8 Å². The van der Waals surface area contributed by atoms with Gasteiger partial charge in [0, 0.05) is 18.7 Å². The van der Waals surface area contributed by atoms with E-state index in [0.29, 0.717) is 29.4 Å². The van der Waals surface area contributed by atoms with Crippen LogP contribution in [0.1, 0.15) is 25.5 Å². The van der Waals surface area contributed by atoms with Gasteiger partial charge in [-0.15, -0.1) is 5.10 Å². The van der Waals surface area contributed by atoms with E-state index in [4.69, 9.17) is 12.2 Å². The third-order valence-electron chi connectivity index (χ3n) is 4.01. The van der Waals surface area contributed by atoms with E-state index >= 15 is 0 Å². The molecule has 1 unspecified atom stereocenters. The molecule has 2 amide bonds. The van der Waals surface area contributed by atoms with Crippen molar-refractivity contribution < 1.29 is 9.59 Å². The van der Waals surface area contributed by atoms with Crippen molar-refractivity contribution in [3.8, 4) is 5.69 Å². The largest absolute Gasteiger partial charge is 0.326 e. The molecule has 2 aromatic rings. The highest BCUT2D eigenvalue weighted by Gasteiger charge is 2.33. The Kier molecular flexibility index (Phi) is 5.67. The summed E-state index contributed by atoms with van der Waals surface area (Å²) in [7, 11) is 0. The third kappa shape index (κ3) is 4.10. The summed E-state index contributed by atoms with van der Waals surface area (Å²) in [5.41, 5.74) is 2.53. The molecule has 0 radical (unpaired) electrons. The number of thiocarbonyl (C=S) groups is 1.